The Hall–Kier alpha value is -0.640. The van der Waals surface area contributed by atoms with Crippen molar-refractivity contribution >= 4 is 12.2 Å². The third-order valence-electron chi connectivity index (χ3n) is 0.545. The fourth-order valence-corrected chi connectivity index (χ4v) is 0.479. The summed E-state index contributed by atoms with van der Waals surface area (Å²) >= 11 is 4.52. The van der Waals surface area contributed by atoms with Crippen LogP contribution in [0.3, 0.4) is 0 Å². The van der Waals surface area contributed by atoms with Crippen LogP contribution < -0.4 is 0 Å². The SMILES string of the molecule is CC.Cc1nc(=S)o[nH]1.[HH]. The Morgan fingerprint density at radius 1 is 1.67 bits per heavy atom. The normalized spacial score (nSPS) is 7.89. The largest absolute Gasteiger partial charge is 0.348 e. The highest BCUT2D eigenvalue weighted by Gasteiger charge is 1.83. The molecule has 0 aliphatic rings. The van der Waals surface area contributed by atoms with E-state index in [0.717, 1.165) is 0 Å². The molecule has 1 aromatic rings. The van der Waals surface area contributed by atoms with E-state index in [1.165, 1.54) is 0 Å². The van der Waals surface area contributed by atoms with E-state index in [2.05, 4.69) is 26.9 Å². The molecule has 4 heteroatoms. The molecule has 0 aliphatic carbocycles. The van der Waals surface area contributed by atoms with Gasteiger partial charge in [-0.05, 0) is 19.1 Å². The van der Waals surface area contributed by atoms with Crippen LogP contribution >= 0.6 is 12.2 Å². The van der Waals surface area contributed by atoms with Crippen LogP contribution in [0.1, 0.15) is 21.1 Å². The van der Waals surface area contributed by atoms with Gasteiger partial charge in [-0.15, -0.1) is 0 Å². The highest BCUT2D eigenvalue weighted by atomic mass is 32.1. The van der Waals surface area contributed by atoms with Crippen LogP contribution in [-0.2, 0) is 0 Å². The van der Waals surface area contributed by atoms with Crippen LogP contribution in [0.25, 0.3) is 0 Å². The van der Waals surface area contributed by atoms with Gasteiger partial charge in [0.25, 0.3) is 0 Å². The Morgan fingerprint density at radius 2 is 2.22 bits per heavy atom. The molecule has 1 heterocycles. The topological polar surface area (TPSA) is 41.8 Å². The molecule has 0 amide bonds. The van der Waals surface area contributed by atoms with Gasteiger partial charge in [0, 0.05) is 1.43 Å². The van der Waals surface area contributed by atoms with E-state index in [9.17, 15) is 0 Å². The lowest BCUT2D eigenvalue weighted by Gasteiger charge is -1.65. The molecule has 1 aromatic heterocycles. The van der Waals surface area contributed by atoms with Crippen molar-refractivity contribution < 1.29 is 5.95 Å². The van der Waals surface area contributed by atoms with E-state index in [1.807, 2.05) is 13.8 Å². The minimum absolute atomic E-state index is 0. The molecule has 54 valence electrons. The predicted molar refractivity (Wildman–Crippen MR) is 39.9 cm³/mol. The Balaban J connectivity index is 0. The first-order valence-electron chi connectivity index (χ1n) is 2.81. The number of hydrogen-bond acceptors (Lipinski definition) is 3. The zero-order valence-electron chi connectivity index (χ0n) is 5.76. The lowest BCUT2D eigenvalue weighted by atomic mass is 10.8. The lowest BCUT2D eigenvalue weighted by molar-refractivity contribution is 0.400. The summed E-state index contributed by atoms with van der Waals surface area (Å²) in [7, 11) is 0. The van der Waals surface area contributed by atoms with Crippen LogP contribution in [0.4, 0.5) is 0 Å². The predicted octanol–water partition coefficient (Wildman–Crippen LogP) is 2.31. The molecule has 0 saturated heterocycles. The average molecular weight is 148 g/mol. The molecule has 0 bridgehead atoms. The van der Waals surface area contributed by atoms with E-state index in [-0.39, 0.29) is 6.26 Å². The van der Waals surface area contributed by atoms with Crippen molar-refractivity contribution in [2.75, 3.05) is 0 Å². The highest BCUT2D eigenvalue weighted by molar-refractivity contribution is 7.71. The fraction of sp³-hybridized carbons (Fsp3) is 0.600. The highest BCUT2D eigenvalue weighted by Crippen LogP contribution is 1.84. The van der Waals surface area contributed by atoms with E-state index >= 15 is 0 Å². The first kappa shape index (κ1) is 8.36. The Kier molecular flexibility index (Phi) is 3.96. The van der Waals surface area contributed by atoms with Crippen molar-refractivity contribution in [3.05, 3.63) is 10.7 Å². The van der Waals surface area contributed by atoms with Crippen LogP contribution in [0.5, 0.6) is 0 Å². The van der Waals surface area contributed by atoms with Crippen molar-refractivity contribution in [1.82, 2.24) is 10.1 Å². The standard InChI is InChI=1S/C3H4N2OS.C2H6.H2/c1-2-4-3(7)6-5-2;1-2;/h1H3,(H,4,5,7);1-2H3;1H. The smallest absolute Gasteiger partial charge is 0.314 e. The number of rotatable bonds is 0. The summed E-state index contributed by atoms with van der Waals surface area (Å²) in [5.74, 6) is 0.713. The van der Waals surface area contributed by atoms with Crippen LogP contribution in [0.2, 0.25) is 0 Å². The number of aromatic nitrogens is 2. The number of aromatic amines is 1. The maximum atomic E-state index is 4.54. The Bertz CT molecular complexity index is 207. The maximum Gasteiger partial charge on any atom is 0.314 e. The fourth-order valence-electron chi connectivity index (χ4n) is 0.300. The summed E-state index contributed by atoms with van der Waals surface area (Å²) in [5.41, 5.74) is 0. The molecule has 0 atom stereocenters. The second kappa shape index (κ2) is 4.26. The van der Waals surface area contributed by atoms with Gasteiger partial charge >= 0.3 is 4.84 Å². The van der Waals surface area contributed by atoms with Gasteiger partial charge in [0.05, 0.1) is 0 Å². The van der Waals surface area contributed by atoms with Gasteiger partial charge in [-0.2, -0.15) is 4.98 Å². The minimum Gasteiger partial charge on any atom is -0.348 e. The average Bonchev–Trinajstić information content (AvgIpc) is 2.20. The zero-order valence-corrected chi connectivity index (χ0v) is 6.58. The Morgan fingerprint density at radius 3 is 2.33 bits per heavy atom. The molecule has 0 spiro atoms. The molecule has 1 rings (SSSR count). The molecule has 0 aromatic carbocycles. The summed E-state index contributed by atoms with van der Waals surface area (Å²) in [5, 5.41) is 2.48. The first-order valence-corrected chi connectivity index (χ1v) is 3.22. The summed E-state index contributed by atoms with van der Waals surface area (Å²) in [6.07, 6.45) is 0. The molecule has 3 nitrogen and oxygen atoms in total. The molecule has 1 N–H and O–H groups in total. The Labute approximate surface area is 60.6 Å². The van der Waals surface area contributed by atoms with Gasteiger partial charge in [0.2, 0.25) is 0 Å². The van der Waals surface area contributed by atoms with Gasteiger partial charge < -0.3 is 4.52 Å². The van der Waals surface area contributed by atoms with Crippen LogP contribution in [0, 0.1) is 11.8 Å². The van der Waals surface area contributed by atoms with Crippen molar-refractivity contribution in [2.24, 2.45) is 0 Å². The molecule has 9 heavy (non-hydrogen) atoms. The lowest BCUT2D eigenvalue weighted by Crippen LogP contribution is -1.67. The van der Waals surface area contributed by atoms with Crippen LogP contribution in [0.15, 0.2) is 4.52 Å². The summed E-state index contributed by atoms with van der Waals surface area (Å²) < 4.78 is 4.54. The summed E-state index contributed by atoms with van der Waals surface area (Å²) in [6, 6.07) is 0. The molecule has 0 fully saturated rings. The summed E-state index contributed by atoms with van der Waals surface area (Å²) in [4.78, 5) is 3.97. The van der Waals surface area contributed by atoms with E-state index in [0.29, 0.717) is 5.82 Å². The van der Waals surface area contributed by atoms with E-state index < -0.39 is 0 Å². The van der Waals surface area contributed by atoms with Crippen molar-refractivity contribution in [2.45, 2.75) is 20.8 Å². The van der Waals surface area contributed by atoms with Crippen molar-refractivity contribution in [3.63, 3.8) is 0 Å². The van der Waals surface area contributed by atoms with Crippen molar-refractivity contribution in [3.8, 4) is 0 Å². The minimum atomic E-state index is 0. The van der Waals surface area contributed by atoms with Gasteiger partial charge in [-0.1, -0.05) is 13.8 Å². The third-order valence-corrected chi connectivity index (χ3v) is 0.720. The van der Waals surface area contributed by atoms with E-state index in [4.69, 9.17) is 0 Å². The number of nitrogens with zero attached hydrogens (tertiary/aromatic N) is 1. The number of hydrogen-bond donors (Lipinski definition) is 1. The third kappa shape index (κ3) is 3.03. The molecule has 0 unspecified atom stereocenters. The van der Waals surface area contributed by atoms with Gasteiger partial charge in [-0.3, -0.25) is 0 Å². The monoisotopic (exact) mass is 148 g/mol. The van der Waals surface area contributed by atoms with Crippen LogP contribution in [-0.4, -0.2) is 10.1 Å². The number of aryl methyl sites for hydroxylation is 1. The number of nitrogens with one attached hydrogen (secondary N) is 1. The molecular formula is C5H12N2OS. The molecule has 0 aliphatic heterocycles. The first-order chi connectivity index (χ1) is 4.29. The molecular weight excluding hydrogens is 136 g/mol. The maximum absolute atomic E-state index is 4.54. The van der Waals surface area contributed by atoms with Gasteiger partial charge in [0.1, 0.15) is 5.82 Å². The second-order valence-corrected chi connectivity index (χ2v) is 1.52. The van der Waals surface area contributed by atoms with Gasteiger partial charge in [-0.25, -0.2) is 5.16 Å². The molecule has 0 radical (unpaired) electrons. The van der Waals surface area contributed by atoms with E-state index in [1.54, 1.807) is 6.92 Å². The van der Waals surface area contributed by atoms with Gasteiger partial charge in [0.15, 0.2) is 0 Å². The second-order valence-electron chi connectivity index (χ2n) is 1.17. The zero-order chi connectivity index (χ0) is 7.28. The number of H-pyrrole nitrogens is 1. The summed E-state index contributed by atoms with van der Waals surface area (Å²) in [6.45, 7) is 5.78. The quantitative estimate of drug-likeness (QED) is 0.574. The molecule has 0 saturated carbocycles. The van der Waals surface area contributed by atoms with Crippen molar-refractivity contribution in [1.29, 1.82) is 0 Å².